The molecule has 15 heteroatoms. The Morgan fingerprint density at radius 2 is 1.50 bits per heavy atom. The van der Waals surface area contributed by atoms with E-state index in [1.165, 1.54) is 38.5 Å². The number of imidazole rings is 1. The van der Waals surface area contributed by atoms with Gasteiger partial charge in [0.05, 0.1) is 18.1 Å². The zero-order chi connectivity index (χ0) is 30.9. The van der Waals surface area contributed by atoms with Crippen LogP contribution in [0.4, 0.5) is 0 Å². The molecule has 1 fully saturated rings. The predicted molar refractivity (Wildman–Crippen MR) is 163 cm³/mol. The number of hydrogen-bond acceptors (Lipinski definition) is 7. The highest BCUT2D eigenvalue weighted by Gasteiger charge is 2.28. The molecule has 0 bridgehead atoms. The number of aryl methyl sites for hydroxylation is 1. The molecule has 14 N–H and O–H groups in total. The van der Waals surface area contributed by atoms with Crippen LogP contribution in [-0.4, -0.2) is 70.4 Å². The van der Waals surface area contributed by atoms with Gasteiger partial charge < -0.3 is 49.6 Å². The SMILES string of the molecule is NC(=O)[C@H](CCCN=C(N)N)NC(=O)[C@H](Cc1cn(CCCC2CCCCC2)cn1)NC(=O)[C@@H](N)CCCN=C(N)N. The molecule has 3 atom stereocenters. The Balaban J connectivity index is 2.03. The molecular formula is C27H50N12O3. The summed E-state index contributed by atoms with van der Waals surface area (Å²) in [6.07, 6.45) is 14.0. The number of aliphatic imine (C=N–C) groups is 2. The zero-order valence-electron chi connectivity index (χ0n) is 24.5. The summed E-state index contributed by atoms with van der Waals surface area (Å²) in [5.74, 6) is -1.12. The Kier molecular flexibility index (Phi) is 15.1. The van der Waals surface area contributed by atoms with E-state index in [1.807, 2.05) is 10.8 Å². The van der Waals surface area contributed by atoms with Crippen molar-refractivity contribution in [3.8, 4) is 0 Å². The van der Waals surface area contributed by atoms with E-state index >= 15 is 0 Å². The molecule has 1 heterocycles. The fraction of sp³-hybridized carbons (Fsp3) is 0.704. The van der Waals surface area contributed by atoms with E-state index in [0.29, 0.717) is 31.5 Å². The Morgan fingerprint density at radius 3 is 2.12 bits per heavy atom. The highest BCUT2D eigenvalue weighted by atomic mass is 16.2. The number of nitrogens with one attached hydrogen (secondary N) is 2. The van der Waals surface area contributed by atoms with Gasteiger partial charge in [0.2, 0.25) is 17.7 Å². The van der Waals surface area contributed by atoms with Crippen LogP contribution in [0.2, 0.25) is 0 Å². The minimum Gasteiger partial charge on any atom is -0.370 e. The van der Waals surface area contributed by atoms with Crippen LogP contribution in [0.5, 0.6) is 0 Å². The van der Waals surface area contributed by atoms with Crippen LogP contribution >= 0.6 is 0 Å². The summed E-state index contributed by atoms with van der Waals surface area (Å²) < 4.78 is 2.00. The van der Waals surface area contributed by atoms with Gasteiger partial charge in [0.1, 0.15) is 12.1 Å². The molecule has 1 aliphatic rings. The van der Waals surface area contributed by atoms with E-state index in [2.05, 4.69) is 25.6 Å². The largest absolute Gasteiger partial charge is 0.370 e. The average molecular weight is 591 g/mol. The topological polar surface area (TPSA) is 274 Å². The van der Waals surface area contributed by atoms with Crippen LogP contribution in [0.3, 0.4) is 0 Å². The molecule has 236 valence electrons. The molecular weight excluding hydrogens is 540 g/mol. The first-order valence-electron chi connectivity index (χ1n) is 14.8. The lowest BCUT2D eigenvalue weighted by atomic mass is 9.86. The molecule has 3 amide bonds. The van der Waals surface area contributed by atoms with Crippen LogP contribution < -0.4 is 45.0 Å². The number of primary amides is 1. The van der Waals surface area contributed by atoms with Gasteiger partial charge in [-0.25, -0.2) is 4.98 Å². The van der Waals surface area contributed by atoms with E-state index in [4.69, 9.17) is 34.4 Å². The lowest BCUT2D eigenvalue weighted by molar-refractivity contribution is -0.131. The molecule has 0 aromatic carbocycles. The standard InChI is InChI=1S/C27H50N12O3/c28-20(10-4-12-34-26(30)31)24(41)38-22(25(42)37-21(23(29)40)11-5-13-35-27(32)33)15-19-16-39(17-36-19)14-6-9-18-7-2-1-3-8-18/h16-18,20-22H,1-15,28H2,(H2,29,40)(H,37,42)(H,38,41)(H4,30,31,34)(H4,32,33,35)/t20-,21-,22-/m0/s1. The predicted octanol–water partition coefficient (Wildman–Crippen LogP) is -1.32. The van der Waals surface area contributed by atoms with Gasteiger partial charge in [-0.2, -0.15) is 0 Å². The number of carbonyl (C=O) groups is 3. The van der Waals surface area contributed by atoms with Crippen LogP contribution in [0.15, 0.2) is 22.5 Å². The second kappa shape index (κ2) is 18.5. The van der Waals surface area contributed by atoms with Gasteiger partial charge in [-0.3, -0.25) is 24.4 Å². The Labute approximate surface area is 247 Å². The molecule has 42 heavy (non-hydrogen) atoms. The number of carbonyl (C=O) groups excluding carboxylic acids is 3. The summed E-state index contributed by atoms with van der Waals surface area (Å²) in [5.41, 5.74) is 33.6. The molecule has 1 aromatic rings. The number of amides is 3. The smallest absolute Gasteiger partial charge is 0.243 e. The lowest BCUT2D eigenvalue weighted by Crippen LogP contribution is -2.56. The highest BCUT2D eigenvalue weighted by molar-refractivity contribution is 5.92. The molecule has 0 aliphatic heterocycles. The van der Waals surface area contributed by atoms with Crippen LogP contribution in [0.1, 0.15) is 76.3 Å². The highest BCUT2D eigenvalue weighted by Crippen LogP contribution is 2.27. The molecule has 0 unspecified atom stereocenters. The molecule has 1 saturated carbocycles. The van der Waals surface area contributed by atoms with Gasteiger partial charge in [-0.15, -0.1) is 0 Å². The minimum atomic E-state index is -1.04. The Bertz CT molecular complexity index is 1040. The molecule has 1 aliphatic carbocycles. The molecule has 0 radical (unpaired) electrons. The van der Waals surface area contributed by atoms with Crippen molar-refractivity contribution in [2.24, 2.45) is 50.3 Å². The van der Waals surface area contributed by atoms with Crippen molar-refractivity contribution in [3.63, 3.8) is 0 Å². The van der Waals surface area contributed by atoms with Crippen LogP contribution in [-0.2, 0) is 27.3 Å². The van der Waals surface area contributed by atoms with Gasteiger partial charge in [0, 0.05) is 32.3 Å². The summed E-state index contributed by atoms with van der Waals surface area (Å²) >= 11 is 0. The molecule has 2 rings (SSSR count). The lowest BCUT2D eigenvalue weighted by Gasteiger charge is -2.23. The van der Waals surface area contributed by atoms with Crippen molar-refractivity contribution in [2.45, 2.75) is 102 Å². The summed E-state index contributed by atoms with van der Waals surface area (Å²) in [5, 5.41) is 5.37. The first-order chi connectivity index (χ1) is 20.0. The van der Waals surface area contributed by atoms with Crippen molar-refractivity contribution in [2.75, 3.05) is 13.1 Å². The number of hydrogen-bond donors (Lipinski definition) is 8. The van der Waals surface area contributed by atoms with Crippen molar-refractivity contribution >= 4 is 29.6 Å². The maximum absolute atomic E-state index is 13.3. The van der Waals surface area contributed by atoms with E-state index in [1.54, 1.807) is 6.33 Å². The number of rotatable bonds is 19. The van der Waals surface area contributed by atoms with Crippen molar-refractivity contribution in [1.82, 2.24) is 20.2 Å². The Hall–Kier alpha value is -3.88. The van der Waals surface area contributed by atoms with Crippen molar-refractivity contribution in [3.05, 3.63) is 18.2 Å². The van der Waals surface area contributed by atoms with Crippen molar-refractivity contribution < 1.29 is 14.4 Å². The maximum Gasteiger partial charge on any atom is 0.243 e. The number of guanidine groups is 2. The molecule has 0 spiro atoms. The fourth-order valence-electron chi connectivity index (χ4n) is 5.08. The van der Waals surface area contributed by atoms with Crippen molar-refractivity contribution in [1.29, 1.82) is 0 Å². The Morgan fingerprint density at radius 1 is 0.881 bits per heavy atom. The summed E-state index contributed by atoms with van der Waals surface area (Å²) in [6.45, 7) is 1.42. The van der Waals surface area contributed by atoms with E-state index < -0.39 is 35.8 Å². The van der Waals surface area contributed by atoms with Gasteiger partial charge in [-0.05, 0) is 44.4 Å². The second-order valence-electron chi connectivity index (χ2n) is 11.0. The monoisotopic (exact) mass is 590 g/mol. The van der Waals surface area contributed by atoms with Gasteiger partial charge >= 0.3 is 0 Å². The average Bonchev–Trinajstić information content (AvgIpc) is 3.39. The number of aromatic nitrogens is 2. The molecule has 0 saturated heterocycles. The quantitative estimate of drug-likeness (QED) is 0.0538. The van der Waals surface area contributed by atoms with E-state index in [9.17, 15) is 14.4 Å². The first-order valence-corrected chi connectivity index (χ1v) is 14.8. The van der Waals surface area contributed by atoms with Crippen LogP contribution in [0, 0.1) is 5.92 Å². The molecule has 1 aromatic heterocycles. The summed E-state index contributed by atoms with van der Waals surface area (Å²) in [7, 11) is 0. The van der Waals surface area contributed by atoms with Gasteiger partial charge in [0.15, 0.2) is 11.9 Å². The third-order valence-corrected chi connectivity index (χ3v) is 7.40. The maximum atomic E-state index is 13.3. The summed E-state index contributed by atoms with van der Waals surface area (Å²) in [4.78, 5) is 50.5. The van der Waals surface area contributed by atoms with E-state index in [0.717, 1.165) is 18.9 Å². The number of nitrogens with two attached hydrogens (primary N) is 6. The third-order valence-electron chi connectivity index (χ3n) is 7.40. The molecule has 15 nitrogen and oxygen atoms in total. The second-order valence-corrected chi connectivity index (χ2v) is 11.0. The number of nitrogens with zero attached hydrogens (tertiary/aromatic N) is 4. The van der Waals surface area contributed by atoms with Crippen LogP contribution in [0.25, 0.3) is 0 Å². The fourth-order valence-corrected chi connectivity index (χ4v) is 5.08. The zero-order valence-corrected chi connectivity index (χ0v) is 24.5. The van der Waals surface area contributed by atoms with E-state index in [-0.39, 0.29) is 31.3 Å². The normalized spacial score (nSPS) is 15.6. The summed E-state index contributed by atoms with van der Waals surface area (Å²) in [6, 6.07) is -2.90. The van der Waals surface area contributed by atoms with Gasteiger partial charge in [-0.1, -0.05) is 32.1 Å². The minimum absolute atomic E-state index is 0.0412. The van der Waals surface area contributed by atoms with Gasteiger partial charge in [0.25, 0.3) is 0 Å². The first kappa shape index (κ1) is 34.3. The third kappa shape index (κ3) is 13.7.